The molecule has 1 saturated heterocycles. The van der Waals surface area contributed by atoms with E-state index in [1.807, 2.05) is 56.7 Å². The van der Waals surface area contributed by atoms with Crippen LogP contribution in [0, 0.1) is 0 Å². The molecular formula is C25H34N6O4S. The van der Waals surface area contributed by atoms with Crippen LogP contribution in [0.3, 0.4) is 0 Å². The fourth-order valence-corrected chi connectivity index (χ4v) is 6.96. The van der Waals surface area contributed by atoms with Gasteiger partial charge in [-0.1, -0.05) is 12.1 Å². The van der Waals surface area contributed by atoms with Crippen molar-refractivity contribution in [2.75, 3.05) is 19.7 Å². The predicted octanol–water partition coefficient (Wildman–Crippen LogP) is 2.76. The summed E-state index contributed by atoms with van der Waals surface area (Å²) < 4.78 is 37.6. The van der Waals surface area contributed by atoms with Crippen molar-refractivity contribution in [2.45, 2.75) is 69.3 Å². The Morgan fingerprint density at radius 1 is 1.17 bits per heavy atom. The van der Waals surface area contributed by atoms with Crippen LogP contribution in [0.4, 0.5) is 0 Å². The van der Waals surface area contributed by atoms with E-state index in [0.717, 1.165) is 5.56 Å². The second kappa shape index (κ2) is 9.28. The third-order valence-corrected chi connectivity index (χ3v) is 9.69. The van der Waals surface area contributed by atoms with E-state index in [-0.39, 0.29) is 24.7 Å². The molecule has 3 aromatic rings. The molecule has 11 heteroatoms. The van der Waals surface area contributed by atoms with Crippen molar-refractivity contribution in [1.82, 2.24) is 29.2 Å². The largest absolute Gasteiger partial charge is 0.472 e. The Morgan fingerprint density at radius 3 is 2.58 bits per heavy atom. The molecule has 2 aromatic heterocycles. The number of ether oxygens (including phenoxy) is 1. The van der Waals surface area contributed by atoms with Crippen LogP contribution in [0.25, 0.3) is 22.9 Å². The second-order valence-corrected chi connectivity index (χ2v) is 12.9. The number of hydrogen-bond donors (Lipinski definition) is 1. The van der Waals surface area contributed by atoms with E-state index in [4.69, 9.17) is 9.72 Å². The van der Waals surface area contributed by atoms with Gasteiger partial charge in [0.1, 0.15) is 23.6 Å². The second-order valence-electron chi connectivity index (χ2n) is 10.5. The number of hydrogen-bond acceptors (Lipinski definition) is 8. The number of rotatable bonds is 6. The van der Waals surface area contributed by atoms with Crippen LogP contribution < -0.4 is 4.74 Å². The summed E-state index contributed by atoms with van der Waals surface area (Å²) >= 11 is 0. The van der Waals surface area contributed by atoms with E-state index in [2.05, 4.69) is 15.0 Å². The normalized spacial score (nSPS) is 19.6. The predicted molar refractivity (Wildman–Crippen MR) is 136 cm³/mol. The highest BCUT2D eigenvalue weighted by Gasteiger charge is 2.42. The summed E-state index contributed by atoms with van der Waals surface area (Å²) in [6.07, 6.45) is 4.37. The summed E-state index contributed by atoms with van der Waals surface area (Å²) in [5, 5.41) is 13.5. The van der Waals surface area contributed by atoms with Crippen molar-refractivity contribution in [2.24, 2.45) is 0 Å². The van der Waals surface area contributed by atoms with Gasteiger partial charge in [0.2, 0.25) is 5.44 Å². The van der Waals surface area contributed by atoms with Gasteiger partial charge in [-0.15, -0.1) is 0 Å². The Morgan fingerprint density at radius 2 is 1.89 bits per heavy atom. The van der Waals surface area contributed by atoms with E-state index in [1.54, 1.807) is 10.7 Å². The van der Waals surface area contributed by atoms with Crippen LogP contribution in [0.2, 0.25) is 0 Å². The monoisotopic (exact) mass is 514 g/mol. The van der Waals surface area contributed by atoms with Gasteiger partial charge < -0.3 is 14.4 Å². The molecule has 194 valence electrons. The molecule has 10 nitrogen and oxygen atoms in total. The number of nitrogens with zero attached hydrogens (tertiary/aromatic N) is 6. The number of aliphatic hydroxyl groups is 1. The lowest BCUT2D eigenvalue weighted by atomic mass is 9.99. The summed E-state index contributed by atoms with van der Waals surface area (Å²) in [5.41, 5.74) is -0.0157. The molecule has 1 fully saturated rings. The fourth-order valence-electron chi connectivity index (χ4n) is 5.06. The summed E-state index contributed by atoms with van der Waals surface area (Å²) in [4.78, 5) is 11.4. The summed E-state index contributed by atoms with van der Waals surface area (Å²) in [6, 6.07) is 7.53. The first-order valence-corrected chi connectivity index (χ1v) is 14.0. The summed E-state index contributed by atoms with van der Waals surface area (Å²) in [5.74, 6) is 1.80. The number of imidazole rings is 1. The zero-order chi connectivity index (χ0) is 25.7. The third kappa shape index (κ3) is 4.33. The maximum absolute atomic E-state index is 13.9. The van der Waals surface area contributed by atoms with Crippen LogP contribution in [0.15, 0.2) is 36.8 Å². The molecule has 1 N–H and O–H groups in total. The fraction of sp³-hybridized carbons (Fsp3) is 0.560. The molecule has 0 amide bonds. The molecule has 0 bridgehead atoms. The molecule has 36 heavy (non-hydrogen) atoms. The number of aliphatic hydroxyl groups excluding tert-OH is 1. The molecule has 0 spiro atoms. The van der Waals surface area contributed by atoms with Gasteiger partial charge in [-0.3, -0.25) is 4.90 Å². The zero-order valence-electron chi connectivity index (χ0n) is 21.2. The van der Waals surface area contributed by atoms with Crippen LogP contribution >= 0.6 is 0 Å². The van der Waals surface area contributed by atoms with Gasteiger partial charge in [-0.05, 0) is 65.8 Å². The van der Waals surface area contributed by atoms with Crippen molar-refractivity contribution in [1.29, 1.82) is 0 Å². The van der Waals surface area contributed by atoms with Gasteiger partial charge in [0.05, 0.1) is 24.0 Å². The van der Waals surface area contributed by atoms with Gasteiger partial charge in [-0.25, -0.2) is 23.1 Å². The van der Waals surface area contributed by atoms with Gasteiger partial charge in [0, 0.05) is 17.8 Å². The molecule has 0 aliphatic carbocycles. The molecule has 0 saturated carbocycles. The first-order valence-electron chi connectivity index (χ1n) is 12.4. The highest BCUT2D eigenvalue weighted by atomic mass is 32.2. The summed E-state index contributed by atoms with van der Waals surface area (Å²) in [6.45, 7) is 9.41. The third-order valence-electron chi connectivity index (χ3n) is 7.32. The maximum Gasteiger partial charge on any atom is 0.217 e. The van der Waals surface area contributed by atoms with Crippen molar-refractivity contribution in [3.05, 3.63) is 36.8 Å². The minimum absolute atomic E-state index is 0.0310. The minimum Gasteiger partial charge on any atom is -0.472 e. The quantitative estimate of drug-likeness (QED) is 0.534. The van der Waals surface area contributed by atoms with Crippen molar-refractivity contribution in [3.8, 4) is 28.7 Å². The Bertz CT molecular complexity index is 1340. The average molecular weight is 515 g/mol. The Hall–Kier alpha value is -2.76. The number of para-hydroxylation sites is 1. The molecular weight excluding hydrogens is 480 g/mol. The van der Waals surface area contributed by atoms with Gasteiger partial charge in [0.15, 0.2) is 15.7 Å². The van der Waals surface area contributed by atoms with Gasteiger partial charge >= 0.3 is 0 Å². The van der Waals surface area contributed by atoms with Crippen molar-refractivity contribution in [3.63, 3.8) is 0 Å². The molecule has 4 heterocycles. The molecule has 1 atom stereocenters. The Labute approximate surface area is 211 Å². The lowest BCUT2D eigenvalue weighted by Crippen LogP contribution is -2.53. The lowest BCUT2D eigenvalue weighted by Gasteiger charge is -2.42. The van der Waals surface area contributed by atoms with E-state index in [1.165, 1.54) is 6.33 Å². The highest BCUT2D eigenvalue weighted by Crippen LogP contribution is 2.37. The number of sulfone groups is 1. The van der Waals surface area contributed by atoms with E-state index in [9.17, 15) is 13.5 Å². The highest BCUT2D eigenvalue weighted by molar-refractivity contribution is 7.92. The number of benzene rings is 1. The minimum atomic E-state index is -3.63. The number of aromatic nitrogens is 5. The van der Waals surface area contributed by atoms with Gasteiger partial charge in [0.25, 0.3) is 0 Å². The molecule has 2 aliphatic heterocycles. The van der Waals surface area contributed by atoms with E-state index >= 15 is 0 Å². The smallest absolute Gasteiger partial charge is 0.217 e. The average Bonchev–Trinajstić information content (AvgIpc) is 3.48. The first-order chi connectivity index (χ1) is 17.1. The van der Waals surface area contributed by atoms with Crippen molar-refractivity contribution < 1.29 is 18.3 Å². The number of fused-ring (bicyclic) bond motifs is 3. The maximum atomic E-state index is 13.9. The van der Waals surface area contributed by atoms with Crippen LogP contribution in [0.1, 0.15) is 46.6 Å². The molecule has 0 radical (unpaired) electrons. The van der Waals surface area contributed by atoms with E-state index in [0.29, 0.717) is 49.0 Å². The van der Waals surface area contributed by atoms with Crippen LogP contribution in [0.5, 0.6) is 5.75 Å². The lowest BCUT2D eigenvalue weighted by molar-refractivity contribution is 0.0428. The van der Waals surface area contributed by atoms with Gasteiger partial charge in [-0.2, -0.15) is 5.10 Å². The van der Waals surface area contributed by atoms with Crippen molar-refractivity contribution >= 4 is 9.84 Å². The number of likely N-dealkylation sites (tertiary alicyclic amines) is 1. The first kappa shape index (κ1) is 24.9. The molecule has 1 unspecified atom stereocenters. The Balaban J connectivity index is 1.47. The topological polar surface area (TPSA) is 115 Å². The Kier molecular flexibility index (Phi) is 6.42. The van der Waals surface area contributed by atoms with E-state index < -0.39 is 20.5 Å². The van der Waals surface area contributed by atoms with Crippen LogP contribution in [-0.4, -0.2) is 78.7 Å². The summed E-state index contributed by atoms with van der Waals surface area (Å²) in [7, 11) is -3.63. The molecule has 2 aliphatic rings. The van der Waals surface area contributed by atoms with Crippen LogP contribution in [-0.2, 0) is 16.4 Å². The molecule has 5 rings (SSSR count). The zero-order valence-corrected chi connectivity index (χ0v) is 22.0. The SMILES string of the molecule is CC(C)n1ncnc1-c1cn2c(n1)-c1ccccc1OC(S(=O)(=O)C1CCN(C(C)(C)CO)CC1)C2. The standard InChI is InChI=1S/C25H34N6O4S/c1-17(2)31-24(26-16-27-31)20-13-29-14-22(35-21-8-6-5-7-19(21)23(29)28-20)36(33,34)18-9-11-30(12-10-18)25(3,4)15-32/h5-8,13,16-18,22,32H,9-12,14-15H2,1-4H3. The molecule has 1 aromatic carbocycles. The number of piperidine rings is 1.